The number of hydrogen-bond acceptors (Lipinski definition) is 5. The summed E-state index contributed by atoms with van der Waals surface area (Å²) in [5, 5.41) is 10.1. The number of aromatic amines is 1. The number of primary amides is 1. The van der Waals surface area contributed by atoms with Gasteiger partial charge in [0.05, 0.1) is 11.4 Å². The lowest BCUT2D eigenvalue weighted by Crippen LogP contribution is -2.20. The summed E-state index contributed by atoms with van der Waals surface area (Å²) in [6.07, 6.45) is 8.81. The molecule has 2 aromatic rings. The average Bonchev–Trinajstić information content (AvgIpc) is 3.58. The number of aromatic nitrogens is 2. The maximum atomic E-state index is 14.6. The Balaban J connectivity index is 0.000000324. The summed E-state index contributed by atoms with van der Waals surface area (Å²) in [4.78, 5) is 10.9. The smallest absolute Gasteiger partial charge is 0.404 e. The molecule has 9 heteroatoms. The fourth-order valence-electron chi connectivity index (χ4n) is 4.98. The zero-order chi connectivity index (χ0) is 25.4. The highest BCUT2D eigenvalue weighted by Gasteiger charge is 2.29. The van der Waals surface area contributed by atoms with Gasteiger partial charge < -0.3 is 15.8 Å². The van der Waals surface area contributed by atoms with E-state index in [1.807, 2.05) is 26.0 Å². The topological polar surface area (TPSA) is 110 Å². The molecular formula is C26H39FN4O3S. The van der Waals surface area contributed by atoms with Crippen molar-refractivity contribution in [3.63, 3.8) is 0 Å². The number of nitrogens with two attached hydrogens (primary N) is 1. The first-order valence-corrected chi connectivity index (χ1v) is 14.3. The van der Waals surface area contributed by atoms with E-state index in [1.165, 1.54) is 32.1 Å². The van der Waals surface area contributed by atoms with Gasteiger partial charge in [0.2, 0.25) is 0 Å². The van der Waals surface area contributed by atoms with Crippen LogP contribution in [0.25, 0.3) is 0 Å². The number of fused-ring (bicyclic) bond motifs is 1. The van der Waals surface area contributed by atoms with Crippen molar-refractivity contribution in [2.24, 2.45) is 11.7 Å². The van der Waals surface area contributed by atoms with Gasteiger partial charge >= 0.3 is 6.09 Å². The molecule has 1 amide bonds. The molecule has 2 saturated carbocycles. The Labute approximate surface area is 210 Å². The predicted octanol–water partition coefficient (Wildman–Crippen LogP) is 6.40. The quantitative estimate of drug-likeness (QED) is 0.444. The van der Waals surface area contributed by atoms with Crippen LogP contribution in [0.3, 0.4) is 0 Å². The van der Waals surface area contributed by atoms with Gasteiger partial charge in [0.25, 0.3) is 0 Å². The van der Waals surface area contributed by atoms with E-state index in [2.05, 4.69) is 22.4 Å². The van der Waals surface area contributed by atoms with E-state index in [4.69, 9.17) is 10.5 Å². The van der Waals surface area contributed by atoms with Crippen molar-refractivity contribution in [1.29, 1.82) is 0 Å². The van der Waals surface area contributed by atoms with Crippen LogP contribution in [0.2, 0.25) is 0 Å². The second-order valence-corrected chi connectivity index (χ2v) is 10.9. The van der Waals surface area contributed by atoms with Gasteiger partial charge in [-0.1, -0.05) is 58.9 Å². The molecule has 0 bridgehead atoms. The number of anilines is 2. The molecule has 1 aromatic carbocycles. The predicted molar refractivity (Wildman–Crippen MR) is 138 cm³/mol. The zero-order valence-electron chi connectivity index (χ0n) is 21.1. The van der Waals surface area contributed by atoms with Gasteiger partial charge in [-0.25, -0.2) is 9.18 Å². The highest BCUT2D eigenvalue weighted by molar-refractivity contribution is 7.83. The lowest BCUT2D eigenvalue weighted by Gasteiger charge is -2.15. The molecule has 1 aromatic heterocycles. The third kappa shape index (κ3) is 7.53. The number of carbonyl (C=O) groups is 1. The minimum atomic E-state index is -1.02. The Morgan fingerprint density at radius 1 is 1.17 bits per heavy atom. The van der Waals surface area contributed by atoms with E-state index >= 15 is 0 Å². The molecule has 194 valence electrons. The van der Waals surface area contributed by atoms with E-state index in [0.29, 0.717) is 29.2 Å². The molecular weight excluding hydrogens is 467 g/mol. The summed E-state index contributed by atoms with van der Waals surface area (Å²) in [7, 11) is -1.02. The van der Waals surface area contributed by atoms with Crippen molar-refractivity contribution >= 4 is 28.4 Å². The molecule has 2 fully saturated rings. The maximum absolute atomic E-state index is 14.6. The maximum Gasteiger partial charge on any atom is 0.404 e. The number of H-pyrrole nitrogens is 1. The second kappa shape index (κ2) is 13.0. The van der Waals surface area contributed by atoms with Crippen molar-refractivity contribution in [2.75, 3.05) is 5.32 Å². The Hall–Kier alpha value is -2.42. The number of halogens is 1. The van der Waals surface area contributed by atoms with E-state index < -0.39 is 16.9 Å². The van der Waals surface area contributed by atoms with E-state index in [0.717, 1.165) is 30.0 Å². The lowest BCUT2D eigenvalue weighted by molar-refractivity contribution is 0.109. The average molecular weight is 507 g/mol. The van der Waals surface area contributed by atoms with Gasteiger partial charge in [0.1, 0.15) is 6.10 Å². The number of nitrogens with one attached hydrogen (secondary N) is 2. The molecule has 2 heterocycles. The highest BCUT2D eigenvalue weighted by atomic mass is 32.2. The lowest BCUT2D eigenvalue weighted by atomic mass is 9.91. The fraction of sp³-hybridized carbons (Fsp3) is 0.615. The first-order valence-electron chi connectivity index (χ1n) is 12.8. The molecule has 3 aliphatic rings. The van der Waals surface area contributed by atoms with Crippen molar-refractivity contribution in [1.82, 2.24) is 10.2 Å². The van der Waals surface area contributed by atoms with Gasteiger partial charge in [0.15, 0.2) is 11.6 Å². The van der Waals surface area contributed by atoms with Crippen molar-refractivity contribution in [3.8, 4) is 0 Å². The minimum Gasteiger partial charge on any atom is -0.446 e. The van der Waals surface area contributed by atoms with E-state index in [1.54, 1.807) is 6.07 Å². The van der Waals surface area contributed by atoms with Crippen LogP contribution < -0.4 is 11.1 Å². The number of carbonyl (C=O) groups excluding carboxylic acids is 1. The molecule has 0 saturated heterocycles. The van der Waals surface area contributed by atoms with Crippen LogP contribution in [0.5, 0.6) is 0 Å². The van der Waals surface area contributed by atoms with Gasteiger partial charge in [-0.15, -0.1) is 0 Å². The van der Waals surface area contributed by atoms with Crippen LogP contribution in [-0.4, -0.2) is 26.6 Å². The van der Waals surface area contributed by atoms with Crippen molar-refractivity contribution in [3.05, 3.63) is 40.8 Å². The minimum absolute atomic E-state index is 0.174. The third-order valence-corrected chi connectivity index (χ3v) is 8.07. The second-order valence-electron chi connectivity index (χ2n) is 9.44. The van der Waals surface area contributed by atoms with Gasteiger partial charge in [0, 0.05) is 39.8 Å². The molecule has 5 rings (SSSR count). The van der Waals surface area contributed by atoms with E-state index in [-0.39, 0.29) is 23.6 Å². The summed E-state index contributed by atoms with van der Waals surface area (Å²) in [5.74, 6) is 2.04. The molecule has 0 spiro atoms. The standard InChI is InChI=1S/C17H19FN4O3S.C7H14.C2H6/c18-16-12-8-26(24)7-10(12)2-4-13(16)20-15-6-14(21-22-15)9-1-3-11(5-9)25-17(19)23;1-7-5-3-2-4-6-7;1-2/h2,4,6,9,11H,1,3,5,7-8H2,(H2,19,23)(H2,20,21,22);7H,2-6H2,1H3;1-2H3. The molecule has 4 N–H and O–H groups in total. The van der Waals surface area contributed by atoms with Crippen LogP contribution in [0, 0.1) is 11.7 Å². The van der Waals surface area contributed by atoms with Crippen LogP contribution in [-0.2, 0) is 27.0 Å². The van der Waals surface area contributed by atoms with Crippen LogP contribution in [0.4, 0.5) is 20.7 Å². The van der Waals surface area contributed by atoms with Gasteiger partial charge in [-0.3, -0.25) is 9.31 Å². The molecule has 3 unspecified atom stereocenters. The van der Waals surface area contributed by atoms with Crippen molar-refractivity contribution < 1.29 is 18.1 Å². The number of rotatable bonds is 4. The summed E-state index contributed by atoms with van der Waals surface area (Å²) < 4.78 is 31.3. The first-order chi connectivity index (χ1) is 16.9. The third-order valence-electron chi connectivity index (χ3n) is 6.82. The number of nitrogens with zero attached hydrogens (tertiary/aromatic N) is 1. The molecule has 1 aliphatic heterocycles. The van der Waals surface area contributed by atoms with Gasteiger partial charge in [-0.2, -0.15) is 5.10 Å². The normalized spacial score (nSPS) is 23.4. The SMILES string of the molecule is CC.CC1CCCCC1.NC(=O)OC1CCC(c2cc(Nc3ccc4c(c3F)CS(=O)C4)n[nH]2)C1. The van der Waals surface area contributed by atoms with Gasteiger partial charge in [-0.05, 0) is 36.8 Å². The van der Waals surface area contributed by atoms with Crippen molar-refractivity contribution in [2.45, 2.75) is 95.7 Å². The Morgan fingerprint density at radius 2 is 1.91 bits per heavy atom. The fourth-order valence-corrected chi connectivity index (χ4v) is 6.34. The first kappa shape index (κ1) is 27.2. The Bertz CT molecular complexity index is 1010. The molecule has 7 nitrogen and oxygen atoms in total. The summed E-state index contributed by atoms with van der Waals surface area (Å²) in [5.41, 5.74) is 7.62. The largest absolute Gasteiger partial charge is 0.446 e. The van der Waals surface area contributed by atoms with Crippen LogP contribution in [0.15, 0.2) is 18.2 Å². The molecule has 0 radical (unpaired) electrons. The molecule has 35 heavy (non-hydrogen) atoms. The zero-order valence-corrected chi connectivity index (χ0v) is 21.9. The van der Waals surface area contributed by atoms with E-state index in [9.17, 15) is 13.4 Å². The summed E-state index contributed by atoms with van der Waals surface area (Å²) in [6, 6.07) is 5.29. The Morgan fingerprint density at radius 3 is 2.57 bits per heavy atom. The molecule has 3 atom stereocenters. The molecule has 2 aliphatic carbocycles. The number of ether oxygens (including phenoxy) is 1. The van der Waals surface area contributed by atoms with Crippen LogP contribution >= 0.6 is 0 Å². The number of benzene rings is 1. The Kier molecular flexibility index (Phi) is 10.1. The number of hydrogen-bond donors (Lipinski definition) is 3. The monoisotopic (exact) mass is 506 g/mol. The summed E-state index contributed by atoms with van der Waals surface area (Å²) >= 11 is 0. The highest BCUT2D eigenvalue weighted by Crippen LogP contribution is 2.36. The van der Waals surface area contributed by atoms with Crippen LogP contribution in [0.1, 0.15) is 94.9 Å². The summed E-state index contributed by atoms with van der Waals surface area (Å²) in [6.45, 7) is 6.36. The number of amides is 1.